The molecule has 1 heterocycles. The highest BCUT2D eigenvalue weighted by molar-refractivity contribution is 5.40. The summed E-state index contributed by atoms with van der Waals surface area (Å²) in [6.45, 7) is 0. The number of aromatic amines is 1. The van der Waals surface area contributed by atoms with Crippen LogP contribution in [0, 0.1) is 0 Å². The summed E-state index contributed by atoms with van der Waals surface area (Å²) in [5.41, 5.74) is 1.70. The molecule has 0 saturated heterocycles. The normalized spacial score (nSPS) is 13.2. The number of H-pyrrole nitrogens is 1. The molecule has 6 heteroatoms. The largest absolute Gasteiger partial charge is 0.433 e. The van der Waals surface area contributed by atoms with E-state index < -0.39 is 17.8 Å². The fourth-order valence-electron chi connectivity index (χ4n) is 3.22. The van der Waals surface area contributed by atoms with E-state index in [0.717, 1.165) is 0 Å². The molecule has 28 heavy (non-hydrogen) atoms. The van der Waals surface area contributed by atoms with Gasteiger partial charge in [0.15, 0.2) is 6.10 Å². The van der Waals surface area contributed by atoms with Crippen molar-refractivity contribution in [3.8, 4) is 5.69 Å². The molecule has 0 bridgehead atoms. The molecule has 0 aliphatic rings. The van der Waals surface area contributed by atoms with Crippen LogP contribution in [0.3, 0.4) is 0 Å². The molecule has 0 aliphatic carbocycles. The van der Waals surface area contributed by atoms with Gasteiger partial charge in [-0.2, -0.15) is 0 Å². The Kier molecular flexibility index (Phi) is 4.89. The fourth-order valence-corrected chi connectivity index (χ4v) is 3.22. The first-order valence-electron chi connectivity index (χ1n) is 8.85. The van der Waals surface area contributed by atoms with E-state index in [4.69, 9.17) is 4.52 Å². The van der Waals surface area contributed by atoms with Crippen LogP contribution >= 0.6 is 0 Å². The molecular formula is C22H19N2O4+. The van der Waals surface area contributed by atoms with E-state index in [2.05, 4.69) is 5.27 Å². The van der Waals surface area contributed by atoms with Crippen molar-refractivity contribution in [3.05, 3.63) is 118 Å². The minimum Gasteiger partial charge on any atom is -0.383 e. The van der Waals surface area contributed by atoms with E-state index in [9.17, 15) is 15.0 Å². The van der Waals surface area contributed by atoms with Gasteiger partial charge in [0.05, 0.1) is 5.56 Å². The van der Waals surface area contributed by atoms with Gasteiger partial charge < -0.3 is 10.2 Å². The van der Waals surface area contributed by atoms with Gasteiger partial charge in [0.1, 0.15) is 6.10 Å². The number of rotatable bonds is 5. The molecule has 1 aromatic heterocycles. The average molecular weight is 375 g/mol. The smallest absolute Gasteiger partial charge is 0.383 e. The predicted octanol–water partition coefficient (Wildman–Crippen LogP) is 2.41. The molecule has 3 N–H and O–H groups in total. The van der Waals surface area contributed by atoms with Crippen molar-refractivity contribution in [1.82, 2.24) is 5.27 Å². The maximum absolute atomic E-state index is 12.3. The van der Waals surface area contributed by atoms with Gasteiger partial charge in [0.2, 0.25) is 5.69 Å². The minimum absolute atomic E-state index is 0.0268. The van der Waals surface area contributed by atoms with E-state index in [1.807, 2.05) is 36.4 Å². The first-order valence-corrected chi connectivity index (χ1v) is 8.85. The monoisotopic (exact) mass is 375 g/mol. The number of benzene rings is 3. The summed E-state index contributed by atoms with van der Waals surface area (Å²) in [6, 6.07) is 25.2. The zero-order valence-electron chi connectivity index (χ0n) is 14.9. The predicted molar refractivity (Wildman–Crippen MR) is 102 cm³/mol. The van der Waals surface area contributed by atoms with E-state index in [1.54, 1.807) is 48.5 Å². The molecule has 0 radical (unpaired) electrons. The Morgan fingerprint density at radius 2 is 1.29 bits per heavy atom. The molecule has 2 atom stereocenters. The van der Waals surface area contributed by atoms with Crippen molar-refractivity contribution in [2.24, 2.45) is 0 Å². The van der Waals surface area contributed by atoms with Crippen molar-refractivity contribution in [2.75, 3.05) is 0 Å². The van der Waals surface area contributed by atoms with Crippen LogP contribution in [0.1, 0.15) is 34.6 Å². The van der Waals surface area contributed by atoms with Crippen LogP contribution < -0.4 is 10.3 Å². The molecule has 2 unspecified atom stereocenters. The summed E-state index contributed by atoms with van der Waals surface area (Å²) >= 11 is 0. The summed E-state index contributed by atoms with van der Waals surface area (Å²) in [4.78, 5) is 12.3. The van der Waals surface area contributed by atoms with Gasteiger partial charge in [-0.05, 0) is 27.1 Å². The SMILES string of the molecule is O=c1o[nH][n+](-c2ccccc2C(O)c2ccccc2)c1C(O)c1ccccc1. The van der Waals surface area contributed by atoms with E-state index in [-0.39, 0.29) is 5.69 Å². The highest BCUT2D eigenvalue weighted by Gasteiger charge is 2.34. The Bertz CT molecular complexity index is 1120. The van der Waals surface area contributed by atoms with Gasteiger partial charge in [-0.1, -0.05) is 72.8 Å². The van der Waals surface area contributed by atoms with Crippen molar-refractivity contribution in [3.63, 3.8) is 0 Å². The number of nitrogens with zero attached hydrogens (tertiary/aromatic N) is 1. The maximum Gasteiger partial charge on any atom is 0.433 e. The first kappa shape index (κ1) is 17.9. The van der Waals surface area contributed by atoms with Gasteiger partial charge >= 0.3 is 11.3 Å². The number of hydrogen-bond acceptors (Lipinski definition) is 4. The molecular weight excluding hydrogens is 356 g/mol. The summed E-state index contributed by atoms with van der Waals surface area (Å²) in [5.74, 6) is 0. The zero-order chi connectivity index (χ0) is 19.5. The van der Waals surface area contributed by atoms with Crippen LogP contribution in [0.2, 0.25) is 0 Å². The maximum atomic E-state index is 12.3. The number of para-hydroxylation sites is 1. The molecule has 6 nitrogen and oxygen atoms in total. The summed E-state index contributed by atoms with van der Waals surface area (Å²) in [5, 5.41) is 24.2. The topological polar surface area (TPSA) is 90.3 Å². The quantitative estimate of drug-likeness (QED) is 0.467. The second-order valence-corrected chi connectivity index (χ2v) is 6.39. The lowest BCUT2D eigenvalue weighted by Crippen LogP contribution is -2.41. The van der Waals surface area contributed by atoms with Gasteiger partial charge in [-0.3, -0.25) is 4.52 Å². The zero-order valence-corrected chi connectivity index (χ0v) is 14.9. The van der Waals surface area contributed by atoms with Crippen molar-refractivity contribution in [1.29, 1.82) is 0 Å². The van der Waals surface area contributed by atoms with Crippen LogP contribution in [-0.4, -0.2) is 15.5 Å². The lowest BCUT2D eigenvalue weighted by Gasteiger charge is -2.12. The van der Waals surface area contributed by atoms with E-state index >= 15 is 0 Å². The molecule has 4 aromatic rings. The number of hydrogen-bond donors (Lipinski definition) is 3. The van der Waals surface area contributed by atoms with Gasteiger partial charge in [-0.15, -0.1) is 0 Å². The van der Waals surface area contributed by atoms with Crippen LogP contribution in [0.15, 0.2) is 94.2 Å². The third-order valence-corrected chi connectivity index (χ3v) is 4.64. The molecule has 0 saturated carbocycles. The highest BCUT2D eigenvalue weighted by Crippen LogP contribution is 2.26. The lowest BCUT2D eigenvalue weighted by atomic mass is 9.99. The third kappa shape index (κ3) is 3.26. The summed E-state index contributed by atoms with van der Waals surface area (Å²) < 4.78 is 6.35. The summed E-state index contributed by atoms with van der Waals surface area (Å²) in [7, 11) is 0. The van der Waals surface area contributed by atoms with Crippen LogP contribution in [0.5, 0.6) is 0 Å². The standard InChI is InChI=1S/C22H18N2O4/c25-20(15-9-3-1-4-10-15)17-13-7-8-14-18(17)24-19(22(27)28-23-24)21(26)16-11-5-2-6-12-16/h1-14,20-21,25-26H/p+1. The summed E-state index contributed by atoms with van der Waals surface area (Å²) in [6.07, 6.45) is -2.10. The van der Waals surface area contributed by atoms with Crippen LogP contribution in [-0.2, 0) is 0 Å². The van der Waals surface area contributed by atoms with Gasteiger partial charge in [0, 0.05) is 6.07 Å². The third-order valence-electron chi connectivity index (χ3n) is 4.64. The Morgan fingerprint density at radius 3 is 1.93 bits per heavy atom. The molecule has 140 valence electrons. The molecule has 4 rings (SSSR count). The highest BCUT2D eigenvalue weighted by atomic mass is 16.5. The fraction of sp³-hybridized carbons (Fsp3) is 0.0909. The number of aliphatic hydroxyl groups is 2. The van der Waals surface area contributed by atoms with Crippen LogP contribution in [0.25, 0.3) is 5.69 Å². The first-order chi connectivity index (χ1) is 13.7. The lowest BCUT2D eigenvalue weighted by molar-refractivity contribution is -0.680. The number of aliphatic hydroxyl groups excluding tert-OH is 2. The Balaban J connectivity index is 1.83. The average Bonchev–Trinajstić information content (AvgIpc) is 3.15. The Hall–Kier alpha value is -3.48. The van der Waals surface area contributed by atoms with Crippen molar-refractivity contribution < 1.29 is 19.4 Å². The molecule has 0 spiro atoms. The van der Waals surface area contributed by atoms with Crippen molar-refractivity contribution in [2.45, 2.75) is 12.2 Å². The van der Waals surface area contributed by atoms with Gasteiger partial charge in [0.25, 0.3) is 0 Å². The van der Waals surface area contributed by atoms with Crippen LogP contribution in [0.4, 0.5) is 0 Å². The van der Waals surface area contributed by atoms with Crippen molar-refractivity contribution >= 4 is 0 Å². The number of nitrogens with one attached hydrogen (secondary N) is 1. The second-order valence-electron chi connectivity index (χ2n) is 6.39. The second kappa shape index (κ2) is 7.64. The van der Waals surface area contributed by atoms with E-state index in [0.29, 0.717) is 22.4 Å². The molecule has 0 amide bonds. The van der Waals surface area contributed by atoms with E-state index in [1.165, 1.54) is 4.68 Å². The number of aromatic nitrogens is 2. The Morgan fingerprint density at radius 1 is 0.750 bits per heavy atom. The molecule has 0 fully saturated rings. The minimum atomic E-state index is -1.19. The molecule has 0 aliphatic heterocycles. The Labute approximate surface area is 160 Å². The van der Waals surface area contributed by atoms with Gasteiger partial charge in [-0.25, -0.2) is 4.79 Å². The molecule has 3 aromatic carbocycles.